The first kappa shape index (κ1) is 16.4. The lowest BCUT2D eigenvalue weighted by atomic mass is 9.85. The molecule has 1 aliphatic heterocycles. The minimum Gasteiger partial charge on any atom is -0.481 e. The smallest absolute Gasteiger partial charge is 0.308 e. The van der Waals surface area contributed by atoms with Crippen LogP contribution < -0.4 is 5.32 Å². The number of carboxylic acid groups (broad SMARTS) is 2. The monoisotopic (exact) mass is 288 g/mol. The van der Waals surface area contributed by atoms with E-state index < -0.39 is 23.8 Å². The normalized spacial score (nSPS) is 23.2. The molecule has 8 nitrogen and oxygen atoms in total. The molecule has 0 saturated carbocycles. The van der Waals surface area contributed by atoms with Gasteiger partial charge in [-0.05, 0) is 13.0 Å². The summed E-state index contributed by atoms with van der Waals surface area (Å²) in [4.78, 5) is 35.4. The Bertz CT molecular complexity index is 373. The number of ether oxygens (including phenoxy) is 1. The number of amides is 1. The topological polar surface area (TPSA) is 116 Å². The summed E-state index contributed by atoms with van der Waals surface area (Å²) < 4.78 is 4.80. The van der Waals surface area contributed by atoms with Crippen molar-refractivity contribution in [2.24, 2.45) is 11.8 Å². The summed E-state index contributed by atoms with van der Waals surface area (Å²) in [6.07, 6.45) is 0.234. The number of hydrogen-bond donors (Lipinski definition) is 3. The van der Waals surface area contributed by atoms with Crippen molar-refractivity contribution >= 4 is 17.8 Å². The van der Waals surface area contributed by atoms with Gasteiger partial charge in [0.1, 0.15) is 0 Å². The maximum Gasteiger partial charge on any atom is 0.308 e. The molecule has 0 radical (unpaired) electrons. The number of rotatable bonds is 7. The molecule has 3 N–H and O–H groups in total. The van der Waals surface area contributed by atoms with E-state index in [1.54, 1.807) is 4.90 Å². The third-order valence-electron chi connectivity index (χ3n) is 3.33. The van der Waals surface area contributed by atoms with Crippen LogP contribution in [0.25, 0.3) is 0 Å². The van der Waals surface area contributed by atoms with Gasteiger partial charge in [-0.25, -0.2) is 0 Å². The van der Waals surface area contributed by atoms with Gasteiger partial charge >= 0.3 is 11.9 Å². The number of nitrogens with zero attached hydrogens (tertiary/aromatic N) is 1. The highest BCUT2D eigenvalue weighted by Gasteiger charge is 2.38. The second-order valence-electron chi connectivity index (χ2n) is 4.76. The molecular weight excluding hydrogens is 268 g/mol. The molecule has 0 aromatic rings. The van der Waals surface area contributed by atoms with E-state index in [9.17, 15) is 14.4 Å². The molecule has 1 saturated heterocycles. The van der Waals surface area contributed by atoms with Gasteiger partial charge in [0.15, 0.2) is 0 Å². The molecule has 1 amide bonds. The van der Waals surface area contributed by atoms with Gasteiger partial charge in [0.2, 0.25) is 5.91 Å². The van der Waals surface area contributed by atoms with Crippen molar-refractivity contribution in [3.05, 3.63) is 0 Å². The Morgan fingerprint density at radius 1 is 1.25 bits per heavy atom. The molecule has 20 heavy (non-hydrogen) atoms. The Kier molecular flexibility index (Phi) is 6.40. The molecule has 1 heterocycles. The number of carboxylic acids is 2. The number of methoxy groups -OCH3 is 1. The molecule has 114 valence electrons. The van der Waals surface area contributed by atoms with Crippen molar-refractivity contribution in [1.82, 2.24) is 10.2 Å². The van der Waals surface area contributed by atoms with Gasteiger partial charge in [-0.15, -0.1) is 0 Å². The molecule has 2 unspecified atom stereocenters. The molecule has 0 aromatic heterocycles. The highest BCUT2D eigenvalue weighted by Crippen LogP contribution is 2.24. The fraction of sp³-hybridized carbons (Fsp3) is 0.750. The van der Waals surface area contributed by atoms with Gasteiger partial charge in [-0.1, -0.05) is 0 Å². The van der Waals surface area contributed by atoms with E-state index in [1.165, 1.54) is 7.11 Å². The zero-order chi connectivity index (χ0) is 15.1. The predicted molar refractivity (Wildman–Crippen MR) is 68.2 cm³/mol. The molecule has 1 aliphatic rings. The predicted octanol–water partition coefficient (Wildman–Crippen LogP) is -1.14. The second kappa shape index (κ2) is 7.81. The van der Waals surface area contributed by atoms with Gasteiger partial charge in [0, 0.05) is 20.2 Å². The summed E-state index contributed by atoms with van der Waals surface area (Å²) in [5, 5.41) is 20.7. The van der Waals surface area contributed by atoms with Gasteiger partial charge < -0.3 is 20.3 Å². The Morgan fingerprint density at radius 2 is 1.90 bits per heavy atom. The number of nitrogens with one attached hydrogen (secondary N) is 1. The van der Waals surface area contributed by atoms with Crippen molar-refractivity contribution in [3.8, 4) is 0 Å². The van der Waals surface area contributed by atoms with Crippen LogP contribution in [0.15, 0.2) is 0 Å². The first-order valence-electron chi connectivity index (χ1n) is 6.39. The van der Waals surface area contributed by atoms with Crippen LogP contribution in [-0.4, -0.2) is 72.9 Å². The number of piperidine rings is 1. The third kappa shape index (κ3) is 4.78. The van der Waals surface area contributed by atoms with E-state index in [0.717, 1.165) is 0 Å². The minimum absolute atomic E-state index is 0.0693. The fourth-order valence-electron chi connectivity index (χ4n) is 2.26. The maximum atomic E-state index is 11.6. The van der Waals surface area contributed by atoms with Crippen LogP contribution in [0.4, 0.5) is 0 Å². The minimum atomic E-state index is -1.14. The summed E-state index contributed by atoms with van der Waals surface area (Å²) in [6.45, 7) is 1.34. The quantitative estimate of drug-likeness (QED) is 0.507. The number of aliphatic carboxylic acids is 2. The van der Waals surface area contributed by atoms with Crippen LogP contribution in [0, 0.1) is 11.8 Å². The number of carbonyl (C=O) groups is 3. The van der Waals surface area contributed by atoms with E-state index in [2.05, 4.69) is 5.32 Å². The summed E-state index contributed by atoms with van der Waals surface area (Å²) in [5.41, 5.74) is 0. The van der Waals surface area contributed by atoms with Crippen molar-refractivity contribution in [2.75, 3.05) is 39.9 Å². The lowest BCUT2D eigenvalue weighted by molar-refractivity contribution is -0.157. The van der Waals surface area contributed by atoms with Crippen LogP contribution >= 0.6 is 0 Å². The highest BCUT2D eigenvalue weighted by atomic mass is 16.5. The van der Waals surface area contributed by atoms with Gasteiger partial charge in [-0.3, -0.25) is 19.3 Å². The average molecular weight is 288 g/mol. The average Bonchev–Trinajstić information content (AvgIpc) is 2.38. The van der Waals surface area contributed by atoms with Crippen LogP contribution in [0.3, 0.4) is 0 Å². The summed E-state index contributed by atoms with van der Waals surface area (Å²) >= 11 is 0. The molecule has 0 spiro atoms. The summed E-state index contributed by atoms with van der Waals surface area (Å²) in [6, 6.07) is 0. The largest absolute Gasteiger partial charge is 0.481 e. The van der Waals surface area contributed by atoms with Crippen LogP contribution in [0.2, 0.25) is 0 Å². The van der Waals surface area contributed by atoms with Crippen molar-refractivity contribution in [3.63, 3.8) is 0 Å². The Balaban J connectivity index is 2.48. The molecular formula is C12H20N2O6. The molecule has 1 fully saturated rings. The Morgan fingerprint density at radius 3 is 2.45 bits per heavy atom. The Labute approximate surface area is 116 Å². The zero-order valence-electron chi connectivity index (χ0n) is 11.4. The first-order chi connectivity index (χ1) is 9.45. The standard InChI is InChI=1S/C12H20N2O6/c1-20-5-3-13-10(15)7-14-4-2-8(11(16)17)9(6-14)12(18)19/h8-9H,2-7H2,1H3,(H,13,15)(H,16,17)(H,18,19). The van der Waals surface area contributed by atoms with Gasteiger partial charge in [0.05, 0.1) is 25.0 Å². The van der Waals surface area contributed by atoms with E-state index in [4.69, 9.17) is 14.9 Å². The van der Waals surface area contributed by atoms with E-state index in [1.807, 2.05) is 0 Å². The molecule has 2 atom stereocenters. The SMILES string of the molecule is COCCNC(=O)CN1CCC(C(=O)O)C(C(=O)O)C1. The third-order valence-corrected chi connectivity index (χ3v) is 3.33. The van der Waals surface area contributed by atoms with Crippen LogP contribution in [0.1, 0.15) is 6.42 Å². The summed E-state index contributed by atoms with van der Waals surface area (Å²) in [5.74, 6) is -4.32. The van der Waals surface area contributed by atoms with Gasteiger partial charge in [0.25, 0.3) is 0 Å². The lowest BCUT2D eigenvalue weighted by Crippen LogP contribution is -2.49. The maximum absolute atomic E-state index is 11.6. The molecule has 0 bridgehead atoms. The van der Waals surface area contributed by atoms with E-state index in [0.29, 0.717) is 19.7 Å². The van der Waals surface area contributed by atoms with Crippen molar-refractivity contribution in [1.29, 1.82) is 0 Å². The number of hydrogen-bond acceptors (Lipinski definition) is 5. The van der Waals surface area contributed by atoms with E-state index in [-0.39, 0.29) is 25.4 Å². The van der Waals surface area contributed by atoms with Crippen LogP contribution in [0.5, 0.6) is 0 Å². The molecule has 1 rings (SSSR count). The fourth-order valence-corrected chi connectivity index (χ4v) is 2.26. The van der Waals surface area contributed by atoms with Gasteiger partial charge in [-0.2, -0.15) is 0 Å². The number of carbonyl (C=O) groups excluding carboxylic acids is 1. The lowest BCUT2D eigenvalue weighted by Gasteiger charge is -2.34. The van der Waals surface area contributed by atoms with Crippen molar-refractivity contribution < 1.29 is 29.3 Å². The van der Waals surface area contributed by atoms with Crippen LogP contribution in [-0.2, 0) is 19.1 Å². The first-order valence-corrected chi connectivity index (χ1v) is 6.39. The molecule has 0 aromatic carbocycles. The van der Waals surface area contributed by atoms with Crippen molar-refractivity contribution in [2.45, 2.75) is 6.42 Å². The highest BCUT2D eigenvalue weighted by molar-refractivity contribution is 5.81. The molecule has 0 aliphatic carbocycles. The Hall–Kier alpha value is -1.67. The summed E-state index contributed by atoms with van der Waals surface area (Å²) in [7, 11) is 1.53. The second-order valence-corrected chi connectivity index (χ2v) is 4.76. The zero-order valence-corrected chi connectivity index (χ0v) is 11.4. The molecule has 8 heteroatoms. The number of likely N-dealkylation sites (tertiary alicyclic amines) is 1. The van der Waals surface area contributed by atoms with E-state index >= 15 is 0 Å².